The van der Waals surface area contributed by atoms with E-state index in [0.29, 0.717) is 16.8 Å². The van der Waals surface area contributed by atoms with Crippen molar-refractivity contribution in [2.45, 2.75) is 11.8 Å². The zero-order chi connectivity index (χ0) is 15.6. The summed E-state index contributed by atoms with van der Waals surface area (Å²) in [6.45, 7) is 1.69. The molecule has 0 aliphatic rings. The summed E-state index contributed by atoms with van der Waals surface area (Å²) in [4.78, 5) is 12.2. The molecule has 0 saturated carbocycles. The van der Waals surface area contributed by atoms with Gasteiger partial charge in [-0.2, -0.15) is 0 Å². The minimum Gasteiger partial charge on any atom is -0.322 e. The summed E-state index contributed by atoms with van der Waals surface area (Å²) in [6.07, 6.45) is 1.10. The third kappa shape index (κ3) is 3.66. The Bertz CT molecular complexity index is 783. The molecule has 110 valence electrons. The summed E-state index contributed by atoms with van der Waals surface area (Å²) in [5.74, 6) is -0.757. The van der Waals surface area contributed by atoms with Crippen molar-refractivity contribution >= 4 is 21.4 Å². The number of amides is 1. The SMILES string of the molecule is Cc1cc(F)ccc1NC(=O)c1ccc(S(C)(=O)=O)cc1. The second-order valence-electron chi connectivity index (χ2n) is 4.71. The molecule has 0 heterocycles. The predicted molar refractivity (Wildman–Crippen MR) is 78.6 cm³/mol. The van der Waals surface area contributed by atoms with Crippen LogP contribution in [0.15, 0.2) is 47.4 Å². The van der Waals surface area contributed by atoms with Gasteiger partial charge in [-0.3, -0.25) is 4.79 Å². The zero-order valence-electron chi connectivity index (χ0n) is 11.6. The second kappa shape index (κ2) is 5.65. The summed E-state index contributed by atoms with van der Waals surface area (Å²) in [6, 6.07) is 9.68. The van der Waals surface area contributed by atoms with Gasteiger partial charge in [0.05, 0.1) is 4.90 Å². The molecular weight excluding hydrogens is 293 g/mol. The number of halogens is 1. The maximum atomic E-state index is 13.0. The van der Waals surface area contributed by atoms with Gasteiger partial charge in [0, 0.05) is 17.5 Å². The Labute approximate surface area is 122 Å². The normalized spacial score (nSPS) is 11.2. The number of carbonyl (C=O) groups is 1. The van der Waals surface area contributed by atoms with Crippen molar-refractivity contribution in [3.05, 3.63) is 59.4 Å². The fourth-order valence-electron chi connectivity index (χ4n) is 1.82. The Morgan fingerprint density at radius 1 is 1.10 bits per heavy atom. The molecule has 4 nitrogen and oxygen atoms in total. The van der Waals surface area contributed by atoms with Crippen LogP contribution in [0.1, 0.15) is 15.9 Å². The monoisotopic (exact) mass is 307 g/mol. The molecule has 0 saturated heterocycles. The van der Waals surface area contributed by atoms with Crippen molar-refractivity contribution in [2.75, 3.05) is 11.6 Å². The van der Waals surface area contributed by atoms with Crippen LogP contribution in [0.3, 0.4) is 0 Å². The van der Waals surface area contributed by atoms with Crippen LogP contribution in [0.5, 0.6) is 0 Å². The van der Waals surface area contributed by atoms with Gasteiger partial charge in [0.1, 0.15) is 5.82 Å². The highest BCUT2D eigenvalue weighted by atomic mass is 32.2. The molecular formula is C15H14FNO3S. The Balaban J connectivity index is 2.21. The van der Waals surface area contributed by atoms with Crippen molar-refractivity contribution in [1.82, 2.24) is 0 Å². The highest BCUT2D eigenvalue weighted by molar-refractivity contribution is 7.90. The fourth-order valence-corrected chi connectivity index (χ4v) is 2.45. The molecule has 21 heavy (non-hydrogen) atoms. The summed E-state index contributed by atoms with van der Waals surface area (Å²) >= 11 is 0. The van der Waals surface area contributed by atoms with Gasteiger partial charge in [-0.05, 0) is 55.0 Å². The Morgan fingerprint density at radius 2 is 1.71 bits per heavy atom. The number of carbonyl (C=O) groups excluding carboxylic acids is 1. The number of rotatable bonds is 3. The van der Waals surface area contributed by atoms with Crippen LogP contribution >= 0.6 is 0 Å². The van der Waals surface area contributed by atoms with Gasteiger partial charge in [-0.15, -0.1) is 0 Å². The molecule has 0 aliphatic heterocycles. The predicted octanol–water partition coefficient (Wildman–Crippen LogP) is 2.79. The Kier molecular flexibility index (Phi) is 4.09. The third-order valence-corrected chi connectivity index (χ3v) is 4.11. The molecule has 0 spiro atoms. The number of anilines is 1. The van der Waals surface area contributed by atoms with Gasteiger partial charge in [0.15, 0.2) is 9.84 Å². The first kappa shape index (κ1) is 15.2. The fraction of sp³-hybridized carbons (Fsp3) is 0.133. The Hall–Kier alpha value is -2.21. The van der Waals surface area contributed by atoms with Crippen LogP contribution in [0.4, 0.5) is 10.1 Å². The largest absolute Gasteiger partial charge is 0.322 e. The minimum absolute atomic E-state index is 0.150. The molecule has 0 unspecified atom stereocenters. The van der Waals surface area contributed by atoms with Gasteiger partial charge in [0.2, 0.25) is 0 Å². The molecule has 1 amide bonds. The van der Waals surface area contributed by atoms with E-state index in [2.05, 4.69) is 5.32 Å². The molecule has 0 bridgehead atoms. The molecule has 2 aromatic rings. The lowest BCUT2D eigenvalue weighted by molar-refractivity contribution is 0.102. The average molecular weight is 307 g/mol. The van der Waals surface area contributed by atoms with E-state index >= 15 is 0 Å². The number of nitrogens with one attached hydrogen (secondary N) is 1. The molecule has 0 fully saturated rings. The van der Waals surface area contributed by atoms with Crippen molar-refractivity contribution in [2.24, 2.45) is 0 Å². The van der Waals surface area contributed by atoms with E-state index in [1.165, 1.54) is 42.5 Å². The van der Waals surface area contributed by atoms with Crippen LogP contribution in [-0.2, 0) is 9.84 Å². The number of hydrogen-bond donors (Lipinski definition) is 1. The van der Waals surface area contributed by atoms with Crippen LogP contribution < -0.4 is 5.32 Å². The van der Waals surface area contributed by atoms with Crippen molar-refractivity contribution < 1.29 is 17.6 Å². The van der Waals surface area contributed by atoms with Gasteiger partial charge >= 0.3 is 0 Å². The van der Waals surface area contributed by atoms with E-state index in [0.717, 1.165) is 6.26 Å². The van der Waals surface area contributed by atoms with E-state index in [4.69, 9.17) is 0 Å². The first-order chi connectivity index (χ1) is 9.77. The van der Waals surface area contributed by atoms with Gasteiger partial charge in [0.25, 0.3) is 5.91 Å². The van der Waals surface area contributed by atoms with Crippen LogP contribution in [-0.4, -0.2) is 20.6 Å². The quantitative estimate of drug-likeness (QED) is 0.948. The minimum atomic E-state index is -3.29. The standard InChI is InChI=1S/C15H14FNO3S/c1-10-9-12(16)5-8-14(10)17-15(18)11-3-6-13(7-4-11)21(2,19)20/h3-9H,1-2H3,(H,17,18). The molecule has 6 heteroatoms. The number of benzene rings is 2. The van der Waals surface area contributed by atoms with Crippen LogP contribution in [0.2, 0.25) is 0 Å². The average Bonchev–Trinajstić information content (AvgIpc) is 2.41. The van der Waals surface area contributed by atoms with E-state index < -0.39 is 9.84 Å². The molecule has 2 aromatic carbocycles. The van der Waals surface area contributed by atoms with Crippen LogP contribution in [0, 0.1) is 12.7 Å². The highest BCUT2D eigenvalue weighted by Crippen LogP contribution is 2.17. The first-order valence-corrected chi connectivity index (χ1v) is 8.04. The van der Waals surface area contributed by atoms with E-state index in [9.17, 15) is 17.6 Å². The van der Waals surface area contributed by atoms with E-state index in [-0.39, 0.29) is 16.6 Å². The number of sulfone groups is 1. The maximum absolute atomic E-state index is 13.0. The van der Waals surface area contributed by atoms with Crippen molar-refractivity contribution in [3.8, 4) is 0 Å². The highest BCUT2D eigenvalue weighted by Gasteiger charge is 2.11. The molecule has 0 atom stereocenters. The summed E-state index contributed by atoms with van der Waals surface area (Å²) in [5, 5.41) is 2.66. The molecule has 0 aromatic heterocycles. The summed E-state index contributed by atoms with van der Waals surface area (Å²) in [5.41, 5.74) is 1.44. The smallest absolute Gasteiger partial charge is 0.255 e. The maximum Gasteiger partial charge on any atom is 0.255 e. The summed E-state index contributed by atoms with van der Waals surface area (Å²) in [7, 11) is -3.29. The number of aryl methyl sites for hydroxylation is 1. The lowest BCUT2D eigenvalue weighted by atomic mass is 10.1. The molecule has 1 N–H and O–H groups in total. The molecule has 0 aliphatic carbocycles. The third-order valence-electron chi connectivity index (χ3n) is 2.98. The number of hydrogen-bond acceptors (Lipinski definition) is 3. The topological polar surface area (TPSA) is 63.2 Å². The van der Waals surface area contributed by atoms with Gasteiger partial charge < -0.3 is 5.32 Å². The second-order valence-corrected chi connectivity index (χ2v) is 6.73. The lowest BCUT2D eigenvalue weighted by Crippen LogP contribution is -2.13. The van der Waals surface area contributed by atoms with Gasteiger partial charge in [-0.25, -0.2) is 12.8 Å². The first-order valence-electron chi connectivity index (χ1n) is 6.15. The zero-order valence-corrected chi connectivity index (χ0v) is 12.4. The van der Waals surface area contributed by atoms with E-state index in [1.807, 2.05) is 0 Å². The van der Waals surface area contributed by atoms with Gasteiger partial charge in [-0.1, -0.05) is 0 Å². The van der Waals surface area contributed by atoms with Crippen molar-refractivity contribution in [3.63, 3.8) is 0 Å². The van der Waals surface area contributed by atoms with Crippen molar-refractivity contribution in [1.29, 1.82) is 0 Å². The molecule has 2 rings (SSSR count). The molecule has 0 radical (unpaired) electrons. The lowest BCUT2D eigenvalue weighted by Gasteiger charge is -2.08. The Morgan fingerprint density at radius 3 is 2.24 bits per heavy atom. The summed E-state index contributed by atoms with van der Waals surface area (Å²) < 4.78 is 35.7. The van der Waals surface area contributed by atoms with Crippen LogP contribution in [0.25, 0.3) is 0 Å². The van der Waals surface area contributed by atoms with E-state index in [1.54, 1.807) is 6.92 Å².